The zero-order chi connectivity index (χ0) is 21.3. The highest BCUT2D eigenvalue weighted by Crippen LogP contribution is 2.36. The number of amides is 4. The summed E-state index contributed by atoms with van der Waals surface area (Å²) in [5.74, 6) is 0. The van der Waals surface area contributed by atoms with E-state index in [4.69, 9.17) is 11.6 Å². The lowest BCUT2D eigenvalue weighted by Gasteiger charge is -2.39. The quantitative estimate of drug-likeness (QED) is 0.706. The van der Waals surface area contributed by atoms with Gasteiger partial charge in [0.05, 0.1) is 11.7 Å². The predicted octanol–water partition coefficient (Wildman–Crippen LogP) is 5.39. The Morgan fingerprint density at radius 2 is 1.90 bits per heavy atom. The second-order valence-corrected chi connectivity index (χ2v) is 8.85. The summed E-state index contributed by atoms with van der Waals surface area (Å²) in [6, 6.07) is 12.6. The largest absolute Gasteiger partial charge is 0.333 e. The molecule has 0 saturated heterocycles. The number of urea groups is 2. The van der Waals surface area contributed by atoms with Crippen LogP contribution in [0.5, 0.6) is 0 Å². The van der Waals surface area contributed by atoms with Crippen molar-refractivity contribution in [2.24, 2.45) is 0 Å². The summed E-state index contributed by atoms with van der Waals surface area (Å²) in [7, 11) is 1.77. The molecule has 3 rings (SSSR count). The van der Waals surface area contributed by atoms with Crippen LogP contribution in [0.3, 0.4) is 0 Å². The van der Waals surface area contributed by atoms with Crippen molar-refractivity contribution in [3.8, 4) is 0 Å². The number of benzene rings is 2. The molecular weight excluding hydrogens is 388 g/mol. The average molecular weight is 415 g/mol. The van der Waals surface area contributed by atoms with Crippen LogP contribution in [0, 0.1) is 0 Å². The highest BCUT2D eigenvalue weighted by atomic mass is 35.5. The molecule has 6 nitrogen and oxygen atoms in total. The van der Waals surface area contributed by atoms with Crippen molar-refractivity contribution in [3.63, 3.8) is 0 Å². The normalized spacial score (nSPS) is 15.0. The van der Waals surface area contributed by atoms with E-state index in [2.05, 4.69) is 10.6 Å². The lowest BCUT2D eigenvalue weighted by Crippen LogP contribution is -2.46. The van der Waals surface area contributed by atoms with E-state index < -0.39 is 0 Å². The topological polar surface area (TPSA) is 64.7 Å². The molecule has 0 bridgehead atoms. The molecule has 29 heavy (non-hydrogen) atoms. The van der Waals surface area contributed by atoms with Gasteiger partial charge in [-0.15, -0.1) is 0 Å². The Bertz CT molecular complexity index is 939. The summed E-state index contributed by atoms with van der Waals surface area (Å²) in [4.78, 5) is 28.6. The molecule has 0 saturated carbocycles. The van der Waals surface area contributed by atoms with E-state index in [1.54, 1.807) is 16.8 Å². The van der Waals surface area contributed by atoms with Gasteiger partial charge in [0.25, 0.3) is 0 Å². The van der Waals surface area contributed by atoms with Gasteiger partial charge in [0.1, 0.15) is 0 Å². The molecule has 7 heteroatoms. The zero-order valence-electron chi connectivity index (χ0n) is 17.4. The van der Waals surface area contributed by atoms with Gasteiger partial charge < -0.3 is 15.5 Å². The molecule has 2 N–H and O–H groups in total. The van der Waals surface area contributed by atoms with Gasteiger partial charge >= 0.3 is 12.1 Å². The van der Waals surface area contributed by atoms with E-state index in [1.807, 2.05) is 70.2 Å². The summed E-state index contributed by atoms with van der Waals surface area (Å²) >= 11 is 6.15. The van der Waals surface area contributed by atoms with Crippen LogP contribution in [0.2, 0.25) is 5.02 Å². The molecule has 0 unspecified atom stereocenters. The summed E-state index contributed by atoms with van der Waals surface area (Å²) in [5.41, 5.74) is 3.12. The molecule has 154 valence electrons. The van der Waals surface area contributed by atoms with Crippen molar-refractivity contribution < 1.29 is 9.59 Å². The molecule has 0 fully saturated rings. The van der Waals surface area contributed by atoms with Crippen LogP contribution in [0.15, 0.2) is 42.5 Å². The van der Waals surface area contributed by atoms with E-state index in [1.165, 1.54) is 0 Å². The first-order valence-electron chi connectivity index (χ1n) is 9.57. The van der Waals surface area contributed by atoms with Gasteiger partial charge in [-0.3, -0.25) is 4.90 Å². The lowest BCUT2D eigenvalue weighted by molar-refractivity contribution is 0.208. The van der Waals surface area contributed by atoms with Gasteiger partial charge in [0.2, 0.25) is 0 Å². The standard InChI is InChI=1S/C22H27ClN4O2/c1-14(15-7-6-8-17(23)11-15)27-19-10-9-18(24-20(28)25-22(2,3)4)12-16(19)13-26(5)21(27)29/h6-12,14H,13H2,1-5H3,(H2,24,25,28)/t14-/m0/s1. The smallest absolute Gasteiger partial charge is 0.325 e. The first kappa shape index (κ1) is 21.0. The number of anilines is 2. The first-order chi connectivity index (χ1) is 13.5. The third kappa shape index (κ3) is 4.82. The number of halogens is 1. The Hall–Kier alpha value is -2.73. The van der Waals surface area contributed by atoms with E-state index in [-0.39, 0.29) is 23.6 Å². The SMILES string of the molecule is C[C@@H](c1cccc(Cl)c1)N1C(=O)N(C)Cc2cc(NC(=O)NC(C)(C)C)ccc21. The van der Waals surface area contributed by atoms with Crippen LogP contribution in [-0.2, 0) is 6.54 Å². The van der Waals surface area contributed by atoms with Gasteiger partial charge in [-0.05, 0) is 69.2 Å². The second-order valence-electron chi connectivity index (χ2n) is 8.41. The molecule has 0 radical (unpaired) electrons. The molecule has 0 spiro atoms. The van der Waals surface area contributed by atoms with Crippen molar-refractivity contribution >= 4 is 35.0 Å². The number of fused-ring (bicyclic) bond motifs is 1. The van der Waals surface area contributed by atoms with Crippen LogP contribution in [0.25, 0.3) is 0 Å². The van der Waals surface area contributed by atoms with E-state index >= 15 is 0 Å². The molecule has 1 atom stereocenters. The number of carbonyl (C=O) groups excluding carboxylic acids is 2. The van der Waals surface area contributed by atoms with E-state index in [0.717, 1.165) is 16.8 Å². The minimum atomic E-state index is -0.325. The fraction of sp³-hybridized carbons (Fsp3) is 0.364. The van der Waals surface area contributed by atoms with Crippen LogP contribution in [0.4, 0.5) is 21.0 Å². The molecule has 2 aromatic rings. The first-order valence-corrected chi connectivity index (χ1v) is 9.95. The van der Waals surface area contributed by atoms with Crippen LogP contribution in [0.1, 0.15) is 44.9 Å². The van der Waals surface area contributed by atoms with Crippen LogP contribution >= 0.6 is 11.6 Å². The number of hydrogen-bond acceptors (Lipinski definition) is 2. The monoisotopic (exact) mass is 414 g/mol. The Morgan fingerprint density at radius 3 is 2.55 bits per heavy atom. The van der Waals surface area contributed by atoms with Crippen LogP contribution < -0.4 is 15.5 Å². The zero-order valence-corrected chi connectivity index (χ0v) is 18.2. The Labute approximate surface area is 176 Å². The van der Waals surface area contributed by atoms with Gasteiger partial charge in [0, 0.05) is 29.8 Å². The number of rotatable bonds is 3. The number of nitrogens with zero attached hydrogens (tertiary/aromatic N) is 2. The van der Waals surface area contributed by atoms with Gasteiger partial charge in [0.15, 0.2) is 0 Å². The summed E-state index contributed by atoms with van der Waals surface area (Å²) in [6.45, 7) is 8.23. The molecule has 1 aliphatic rings. The third-order valence-electron chi connectivity index (χ3n) is 4.74. The Morgan fingerprint density at radius 1 is 1.17 bits per heavy atom. The maximum absolute atomic E-state index is 12.9. The summed E-state index contributed by atoms with van der Waals surface area (Å²) < 4.78 is 0. The molecule has 1 heterocycles. The Balaban J connectivity index is 1.90. The average Bonchev–Trinajstić information content (AvgIpc) is 2.61. The fourth-order valence-corrected chi connectivity index (χ4v) is 3.63. The number of hydrogen-bond donors (Lipinski definition) is 2. The fourth-order valence-electron chi connectivity index (χ4n) is 3.43. The second kappa shape index (κ2) is 7.95. The van der Waals surface area contributed by atoms with E-state index in [9.17, 15) is 9.59 Å². The van der Waals surface area contributed by atoms with Crippen molar-refractivity contribution in [2.75, 3.05) is 17.3 Å². The van der Waals surface area contributed by atoms with Crippen LogP contribution in [-0.4, -0.2) is 29.5 Å². The predicted molar refractivity (Wildman–Crippen MR) is 118 cm³/mol. The highest BCUT2D eigenvalue weighted by molar-refractivity contribution is 6.30. The molecule has 0 aliphatic carbocycles. The highest BCUT2D eigenvalue weighted by Gasteiger charge is 2.32. The maximum atomic E-state index is 12.9. The third-order valence-corrected chi connectivity index (χ3v) is 4.98. The number of carbonyl (C=O) groups is 2. The van der Waals surface area contributed by atoms with Crippen molar-refractivity contribution in [3.05, 3.63) is 58.6 Å². The van der Waals surface area contributed by atoms with Crippen molar-refractivity contribution in [1.29, 1.82) is 0 Å². The molecule has 4 amide bonds. The molecule has 1 aliphatic heterocycles. The maximum Gasteiger partial charge on any atom is 0.325 e. The minimum absolute atomic E-state index is 0.0730. The minimum Gasteiger partial charge on any atom is -0.333 e. The molecule has 0 aromatic heterocycles. The van der Waals surface area contributed by atoms with Gasteiger partial charge in [-0.1, -0.05) is 23.7 Å². The van der Waals surface area contributed by atoms with Crippen molar-refractivity contribution in [1.82, 2.24) is 10.2 Å². The Kier molecular flexibility index (Phi) is 5.75. The lowest BCUT2D eigenvalue weighted by atomic mass is 10.0. The van der Waals surface area contributed by atoms with Crippen molar-refractivity contribution in [2.45, 2.75) is 45.8 Å². The van der Waals surface area contributed by atoms with Gasteiger partial charge in [-0.2, -0.15) is 0 Å². The molecule has 2 aromatic carbocycles. The number of nitrogens with one attached hydrogen (secondary N) is 2. The molecular formula is C22H27ClN4O2. The summed E-state index contributed by atoms with van der Waals surface area (Å²) in [6.07, 6.45) is 0. The van der Waals surface area contributed by atoms with E-state index in [0.29, 0.717) is 17.3 Å². The summed E-state index contributed by atoms with van der Waals surface area (Å²) in [5, 5.41) is 6.38. The van der Waals surface area contributed by atoms with Gasteiger partial charge in [-0.25, -0.2) is 9.59 Å².